The van der Waals surface area contributed by atoms with Crippen LogP contribution in [0.15, 0.2) is 24.3 Å². The van der Waals surface area contributed by atoms with Crippen molar-refractivity contribution < 1.29 is 4.79 Å². The second-order valence-electron chi connectivity index (χ2n) is 4.98. The molecule has 0 saturated heterocycles. The van der Waals surface area contributed by atoms with Crippen LogP contribution in [0.2, 0.25) is 0 Å². The first kappa shape index (κ1) is 13.2. The molecule has 0 aromatic rings. The average Bonchev–Trinajstić information content (AvgIpc) is 2.29. The maximum Gasteiger partial charge on any atom is 0.136 e. The van der Waals surface area contributed by atoms with Crippen LogP contribution < -0.4 is 0 Å². The molecule has 1 heteroatoms. The van der Waals surface area contributed by atoms with E-state index in [-0.39, 0.29) is 5.92 Å². The Morgan fingerprint density at radius 3 is 2.94 bits per heavy atom. The Hall–Kier alpha value is -0.850. The van der Waals surface area contributed by atoms with E-state index in [4.69, 9.17) is 0 Å². The zero-order valence-corrected chi connectivity index (χ0v) is 10.7. The van der Waals surface area contributed by atoms with Gasteiger partial charge in [0.1, 0.15) is 5.78 Å². The van der Waals surface area contributed by atoms with Gasteiger partial charge in [0.2, 0.25) is 0 Å². The summed E-state index contributed by atoms with van der Waals surface area (Å²) < 4.78 is 0. The molecule has 90 valence electrons. The first-order valence-electron chi connectivity index (χ1n) is 6.48. The Balaban J connectivity index is 2.42. The number of carbonyl (C=O) groups is 1. The van der Waals surface area contributed by atoms with Crippen molar-refractivity contribution in [2.45, 2.75) is 52.4 Å². The lowest BCUT2D eigenvalue weighted by Gasteiger charge is -2.21. The minimum atomic E-state index is 0.281. The summed E-state index contributed by atoms with van der Waals surface area (Å²) in [5.41, 5.74) is 1.44. The summed E-state index contributed by atoms with van der Waals surface area (Å²) in [6, 6.07) is 0. The summed E-state index contributed by atoms with van der Waals surface area (Å²) in [5, 5.41) is 0. The molecule has 0 radical (unpaired) electrons. The lowest BCUT2D eigenvalue weighted by molar-refractivity contribution is -0.123. The molecule has 1 aliphatic rings. The van der Waals surface area contributed by atoms with Crippen molar-refractivity contribution in [1.82, 2.24) is 0 Å². The lowest BCUT2D eigenvalue weighted by Crippen LogP contribution is -2.19. The predicted octanol–water partition coefficient (Wildman–Crippen LogP) is 4.29. The molecule has 0 bridgehead atoms. The third kappa shape index (κ3) is 3.96. The van der Waals surface area contributed by atoms with Crippen LogP contribution in [0, 0.1) is 11.8 Å². The van der Waals surface area contributed by atoms with Gasteiger partial charge >= 0.3 is 0 Å². The standard InChI is InChI=1S/C15H24O/c1-4-6-13(5-2)11-15(16)14-9-7-12(3)8-10-14/h5,7,13-14H,2,4,6,8-11H2,1,3H3. The van der Waals surface area contributed by atoms with Crippen LogP contribution in [0.3, 0.4) is 0 Å². The largest absolute Gasteiger partial charge is 0.299 e. The van der Waals surface area contributed by atoms with Crippen LogP contribution >= 0.6 is 0 Å². The average molecular weight is 220 g/mol. The Kier molecular flexibility index (Phi) is 5.51. The second kappa shape index (κ2) is 6.67. The fourth-order valence-corrected chi connectivity index (χ4v) is 2.36. The predicted molar refractivity (Wildman–Crippen MR) is 69.3 cm³/mol. The van der Waals surface area contributed by atoms with E-state index >= 15 is 0 Å². The molecule has 16 heavy (non-hydrogen) atoms. The van der Waals surface area contributed by atoms with E-state index in [1.165, 1.54) is 5.57 Å². The van der Waals surface area contributed by atoms with Gasteiger partial charge in [-0.3, -0.25) is 4.79 Å². The molecule has 0 spiro atoms. The van der Waals surface area contributed by atoms with Crippen LogP contribution in [0.1, 0.15) is 52.4 Å². The van der Waals surface area contributed by atoms with Gasteiger partial charge in [-0.1, -0.05) is 31.1 Å². The van der Waals surface area contributed by atoms with Gasteiger partial charge in [-0.15, -0.1) is 6.58 Å². The molecule has 2 atom stereocenters. The fraction of sp³-hybridized carbons (Fsp3) is 0.667. The zero-order valence-electron chi connectivity index (χ0n) is 10.7. The van der Waals surface area contributed by atoms with Crippen molar-refractivity contribution in [3.8, 4) is 0 Å². The third-order valence-electron chi connectivity index (χ3n) is 3.55. The molecular weight excluding hydrogens is 196 g/mol. The molecule has 0 aromatic heterocycles. The highest BCUT2D eigenvalue weighted by Gasteiger charge is 2.21. The minimum absolute atomic E-state index is 0.281. The summed E-state index contributed by atoms with van der Waals surface area (Å²) >= 11 is 0. The molecule has 1 nitrogen and oxygen atoms in total. The van der Waals surface area contributed by atoms with E-state index in [0.29, 0.717) is 18.1 Å². The fourth-order valence-electron chi connectivity index (χ4n) is 2.36. The molecule has 1 rings (SSSR count). The van der Waals surface area contributed by atoms with Gasteiger partial charge < -0.3 is 0 Å². The number of carbonyl (C=O) groups excluding carboxylic acids is 1. The molecule has 1 aliphatic carbocycles. The minimum Gasteiger partial charge on any atom is -0.299 e. The van der Waals surface area contributed by atoms with E-state index in [1.807, 2.05) is 6.08 Å². The Morgan fingerprint density at radius 1 is 1.69 bits per heavy atom. The molecule has 2 unspecified atom stereocenters. The monoisotopic (exact) mass is 220 g/mol. The maximum absolute atomic E-state index is 12.1. The first-order chi connectivity index (χ1) is 7.67. The molecule has 0 saturated carbocycles. The van der Waals surface area contributed by atoms with Crippen LogP contribution in [-0.2, 0) is 4.79 Å². The van der Waals surface area contributed by atoms with E-state index in [9.17, 15) is 4.79 Å². The number of ketones is 1. The molecule has 0 aliphatic heterocycles. The van der Waals surface area contributed by atoms with Gasteiger partial charge in [0, 0.05) is 12.3 Å². The van der Waals surface area contributed by atoms with E-state index in [1.54, 1.807) is 0 Å². The molecule has 0 N–H and O–H groups in total. The number of allylic oxidation sites excluding steroid dienone is 3. The maximum atomic E-state index is 12.1. The number of rotatable bonds is 6. The summed E-state index contributed by atoms with van der Waals surface area (Å²) in [5.74, 6) is 1.12. The Bertz CT molecular complexity index is 275. The topological polar surface area (TPSA) is 17.1 Å². The van der Waals surface area contributed by atoms with Crippen molar-refractivity contribution in [2.75, 3.05) is 0 Å². The molecule has 0 amide bonds. The van der Waals surface area contributed by atoms with Gasteiger partial charge in [-0.2, -0.15) is 0 Å². The Morgan fingerprint density at radius 2 is 2.44 bits per heavy atom. The van der Waals surface area contributed by atoms with E-state index in [0.717, 1.165) is 32.1 Å². The van der Waals surface area contributed by atoms with Crippen molar-refractivity contribution in [3.05, 3.63) is 24.3 Å². The van der Waals surface area contributed by atoms with Gasteiger partial charge in [0.05, 0.1) is 0 Å². The molecule has 0 aromatic carbocycles. The van der Waals surface area contributed by atoms with Crippen LogP contribution in [0.25, 0.3) is 0 Å². The summed E-state index contributed by atoms with van der Waals surface area (Å²) in [6.45, 7) is 8.14. The summed E-state index contributed by atoms with van der Waals surface area (Å²) in [4.78, 5) is 12.1. The summed E-state index contributed by atoms with van der Waals surface area (Å²) in [6.07, 6.45) is 10.2. The quantitative estimate of drug-likeness (QED) is 0.610. The van der Waals surface area contributed by atoms with Crippen LogP contribution in [0.5, 0.6) is 0 Å². The van der Waals surface area contributed by atoms with Crippen LogP contribution in [-0.4, -0.2) is 5.78 Å². The molecule has 0 heterocycles. The summed E-state index contributed by atoms with van der Waals surface area (Å²) in [7, 11) is 0. The Labute approximate surface area is 99.6 Å². The number of hydrogen-bond donors (Lipinski definition) is 0. The normalized spacial score (nSPS) is 22.4. The van der Waals surface area contributed by atoms with Crippen molar-refractivity contribution in [1.29, 1.82) is 0 Å². The second-order valence-corrected chi connectivity index (χ2v) is 4.98. The first-order valence-corrected chi connectivity index (χ1v) is 6.48. The van der Waals surface area contributed by atoms with Gasteiger partial charge in [0.15, 0.2) is 0 Å². The molecule has 0 fully saturated rings. The van der Waals surface area contributed by atoms with Crippen molar-refractivity contribution in [3.63, 3.8) is 0 Å². The molecular formula is C15H24O. The van der Waals surface area contributed by atoms with E-state index in [2.05, 4.69) is 26.5 Å². The zero-order chi connectivity index (χ0) is 12.0. The highest BCUT2D eigenvalue weighted by Crippen LogP contribution is 2.26. The number of Topliss-reactive ketones (excluding diaryl/α,β-unsaturated/α-hetero) is 1. The number of hydrogen-bond acceptors (Lipinski definition) is 1. The van der Waals surface area contributed by atoms with Crippen molar-refractivity contribution in [2.24, 2.45) is 11.8 Å². The lowest BCUT2D eigenvalue weighted by atomic mass is 9.83. The smallest absolute Gasteiger partial charge is 0.136 e. The van der Waals surface area contributed by atoms with Crippen LogP contribution in [0.4, 0.5) is 0 Å². The third-order valence-corrected chi connectivity index (χ3v) is 3.55. The highest BCUT2D eigenvalue weighted by atomic mass is 16.1. The van der Waals surface area contributed by atoms with Gasteiger partial charge in [-0.25, -0.2) is 0 Å². The van der Waals surface area contributed by atoms with Gasteiger partial charge in [0.25, 0.3) is 0 Å². The van der Waals surface area contributed by atoms with E-state index < -0.39 is 0 Å². The van der Waals surface area contributed by atoms with Crippen molar-refractivity contribution >= 4 is 5.78 Å². The van der Waals surface area contributed by atoms with Gasteiger partial charge in [-0.05, 0) is 38.5 Å². The SMILES string of the molecule is C=CC(CCC)CC(=O)C1CC=C(C)CC1. The highest BCUT2D eigenvalue weighted by molar-refractivity contribution is 5.81.